The molecule has 5 nitrogen and oxygen atoms in total. The molecule has 1 aromatic heterocycles. The lowest BCUT2D eigenvalue weighted by molar-refractivity contribution is 0.273. The highest BCUT2D eigenvalue weighted by atomic mass is 19.1. The zero-order valence-electron chi connectivity index (χ0n) is 8.38. The van der Waals surface area contributed by atoms with E-state index in [0.29, 0.717) is 11.6 Å². The van der Waals surface area contributed by atoms with Crippen molar-refractivity contribution in [1.29, 1.82) is 0 Å². The van der Waals surface area contributed by atoms with E-state index in [1.54, 1.807) is 24.3 Å². The molecule has 0 spiro atoms. The van der Waals surface area contributed by atoms with Gasteiger partial charge in [0.25, 0.3) is 0 Å². The summed E-state index contributed by atoms with van der Waals surface area (Å²) in [5, 5.41) is 14.9. The van der Waals surface area contributed by atoms with Crippen molar-refractivity contribution >= 4 is 0 Å². The topological polar surface area (TPSA) is 60.8 Å². The first kappa shape index (κ1) is 10.4. The van der Waals surface area contributed by atoms with Crippen LogP contribution in [0.15, 0.2) is 30.6 Å². The summed E-state index contributed by atoms with van der Waals surface area (Å²) in [6.07, 6.45) is 1.27. The van der Waals surface area contributed by atoms with Crippen molar-refractivity contribution in [2.45, 2.75) is 0 Å². The predicted octanol–water partition coefficient (Wildman–Crippen LogP) is 1.28. The van der Waals surface area contributed by atoms with Crippen LogP contribution in [0.4, 0.5) is 4.39 Å². The molecule has 0 saturated heterocycles. The highest BCUT2D eigenvalue weighted by Crippen LogP contribution is 2.17. The van der Waals surface area contributed by atoms with E-state index in [4.69, 9.17) is 4.74 Å². The second kappa shape index (κ2) is 5.11. The van der Waals surface area contributed by atoms with E-state index < -0.39 is 6.67 Å². The number of benzene rings is 1. The van der Waals surface area contributed by atoms with Crippen molar-refractivity contribution < 1.29 is 9.13 Å². The Morgan fingerprint density at radius 1 is 1.06 bits per heavy atom. The van der Waals surface area contributed by atoms with E-state index in [2.05, 4.69) is 20.4 Å². The quantitative estimate of drug-likeness (QED) is 0.776. The fourth-order valence-corrected chi connectivity index (χ4v) is 1.18. The first-order valence-corrected chi connectivity index (χ1v) is 4.70. The minimum atomic E-state index is -0.503. The summed E-state index contributed by atoms with van der Waals surface area (Å²) in [7, 11) is 0. The summed E-state index contributed by atoms with van der Waals surface area (Å²) < 4.78 is 17.0. The molecule has 0 saturated carbocycles. The molecule has 1 aromatic carbocycles. The first-order valence-electron chi connectivity index (χ1n) is 4.70. The lowest BCUT2D eigenvalue weighted by atomic mass is 10.2. The fourth-order valence-electron chi connectivity index (χ4n) is 1.18. The zero-order valence-corrected chi connectivity index (χ0v) is 8.38. The van der Waals surface area contributed by atoms with Gasteiger partial charge in [0.05, 0.1) is 0 Å². The third kappa shape index (κ3) is 2.47. The van der Waals surface area contributed by atoms with Gasteiger partial charge < -0.3 is 4.74 Å². The molecule has 1 heterocycles. The highest BCUT2D eigenvalue weighted by molar-refractivity contribution is 5.54. The normalized spacial score (nSPS) is 10.1. The molecule has 2 rings (SSSR count). The van der Waals surface area contributed by atoms with E-state index in [0.717, 1.165) is 5.56 Å². The Hall–Kier alpha value is -2.11. The number of halogens is 1. The molecule has 0 radical (unpaired) electrons. The van der Waals surface area contributed by atoms with Crippen molar-refractivity contribution in [3.8, 4) is 17.1 Å². The molecule has 0 aliphatic heterocycles. The number of ether oxygens (including phenoxy) is 1. The maximum absolute atomic E-state index is 11.9. The average Bonchev–Trinajstić information content (AvgIpc) is 2.38. The largest absolute Gasteiger partial charge is 0.491 e. The lowest BCUT2D eigenvalue weighted by Gasteiger charge is -2.03. The first-order chi connectivity index (χ1) is 7.90. The Balaban J connectivity index is 2.13. The molecule has 0 aliphatic carbocycles. The van der Waals surface area contributed by atoms with Crippen LogP contribution in [0.1, 0.15) is 0 Å². The second-order valence-corrected chi connectivity index (χ2v) is 2.93. The standard InChI is InChI=1S/C10H9FN4O/c11-5-6-16-9-3-1-8(2-4-9)10-14-12-7-13-15-10/h1-4,7H,5-6H2. The van der Waals surface area contributed by atoms with Crippen LogP contribution in [0.25, 0.3) is 11.4 Å². The summed E-state index contributed by atoms with van der Waals surface area (Å²) in [6.45, 7) is -0.443. The van der Waals surface area contributed by atoms with Gasteiger partial charge in [-0.3, -0.25) is 0 Å². The van der Waals surface area contributed by atoms with Crippen LogP contribution >= 0.6 is 0 Å². The molecule has 0 bridgehead atoms. The van der Waals surface area contributed by atoms with Gasteiger partial charge in [0.15, 0.2) is 6.33 Å². The third-order valence-electron chi connectivity index (χ3n) is 1.87. The maximum Gasteiger partial charge on any atom is 0.203 e. The predicted molar refractivity (Wildman–Crippen MR) is 54.5 cm³/mol. The molecule has 0 unspecified atom stereocenters. The minimum absolute atomic E-state index is 0.0598. The number of hydrogen-bond acceptors (Lipinski definition) is 5. The van der Waals surface area contributed by atoms with E-state index in [-0.39, 0.29) is 6.61 Å². The Labute approximate surface area is 91.3 Å². The smallest absolute Gasteiger partial charge is 0.203 e. The minimum Gasteiger partial charge on any atom is -0.491 e. The summed E-state index contributed by atoms with van der Waals surface area (Å²) >= 11 is 0. The Bertz CT molecular complexity index is 434. The van der Waals surface area contributed by atoms with Gasteiger partial charge in [0.2, 0.25) is 5.82 Å². The molecule has 0 N–H and O–H groups in total. The number of aromatic nitrogens is 4. The van der Waals surface area contributed by atoms with E-state index >= 15 is 0 Å². The van der Waals surface area contributed by atoms with Crippen LogP contribution in [0.2, 0.25) is 0 Å². The van der Waals surface area contributed by atoms with Gasteiger partial charge in [-0.2, -0.15) is 0 Å². The average molecular weight is 220 g/mol. The fraction of sp³-hybridized carbons (Fsp3) is 0.200. The summed E-state index contributed by atoms with van der Waals surface area (Å²) in [5.41, 5.74) is 0.785. The molecule has 2 aromatic rings. The van der Waals surface area contributed by atoms with E-state index in [9.17, 15) is 4.39 Å². The van der Waals surface area contributed by atoms with Crippen LogP contribution in [-0.4, -0.2) is 33.7 Å². The number of rotatable bonds is 4. The lowest BCUT2D eigenvalue weighted by Crippen LogP contribution is -1.98. The molecule has 0 aliphatic rings. The van der Waals surface area contributed by atoms with Crippen molar-refractivity contribution in [2.75, 3.05) is 13.3 Å². The van der Waals surface area contributed by atoms with Crippen molar-refractivity contribution in [3.05, 3.63) is 30.6 Å². The van der Waals surface area contributed by atoms with Crippen molar-refractivity contribution in [2.24, 2.45) is 0 Å². The van der Waals surface area contributed by atoms with E-state index in [1.165, 1.54) is 6.33 Å². The van der Waals surface area contributed by atoms with E-state index in [1.807, 2.05) is 0 Å². The zero-order chi connectivity index (χ0) is 11.2. The molecular weight excluding hydrogens is 211 g/mol. The van der Waals surface area contributed by atoms with Crippen LogP contribution in [-0.2, 0) is 0 Å². The van der Waals surface area contributed by atoms with Gasteiger partial charge in [0, 0.05) is 5.56 Å². The van der Waals surface area contributed by atoms with Crippen molar-refractivity contribution in [3.63, 3.8) is 0 Å². The Kier molecular flexibility index (Phi) is 3.32. The van der Waals surface area contributed by atoms with Crippen LogP contribution in [0, 0.1) is 0 Å². The Morgan fingerprint density at radius 3 is 2.38 bits per heavy atom. The van der Waals surface area contributed by atoms with Gasteiger partial charge >= 0.3 is 0 Å². The number of alkyl halides is 1. The Morgan fingerprint density at radius 2 is 1.75 bits per heavy atom. The monoisotopic (exact) mass is 220 g/mol. The molecular formula is C10H9FN4O. The van der Waals surface area contributed by atoms with Gasteiger partial charge in [-0.15, -0.1) is 20.4 Å². The molecule has 82 valence electrons. The third-order valence-corrected chi connectivity index (χ3v) is 1.87. The molecule has 16 heavy (non-hydrogen) atoms. The maximum atomic E-state index is 11.9. The van der Waals surface area contributed by atoms with Crippen molar-refractivity contribution in [1.82, 2.24) is 20.4 Å². The number of nitrogens with zero attached hydrogens (tertiary/aromatic N) is 4. The molecule has 0 atom stereocenters. The van der Waals surface area contributed by atoms with Gasteiger partial charge in [-0.05, 0) is 24.3 Å². The summed E-state index contributed by atoms with van der Waals surface area (Å²) in [6, 6.07) is 6.99. The highest BCUT2D eigenvalue weighted by Gasteiger charge is 2.01. The van der Waals surface area contributed by atoms with Crippen LogP contribution < -0.4 is 4.74 Å². The SMILES string of the molecule is FCCOc1ccc(-c2nncnn2)cc1. The molecule has 0 amide bonds. The number of hydrogen-bond donors (Lipinski definition) is 0. The van der Waals surface area contributed by atoms with Gasteiger partial charge in [0.1, 0.15) is 19.0 Å². The molecule has 6 heteroatoms. The summed E-state index contributed by atoms with van der Waals surface area (Å²) in [4.78, 5) is 0. The van der Waals surface area contributed by atoms with Gasteiger partial charge in [-0.1, -0.05) is 0 Å². The second-order valence-electron chi connectivity index (χ2n) is 2.93. The molecule has 0 fully saturated rings. The van der Waals surface area contributed by atoms with Crippen LogP contribution in [0.3, 0.4) is 0 Å². The summed E-state index contributed by atoms with van der Waals surface area (Å²) in [5.74, 6) is 1.05. The van der Waals surface area contributed by atoms with Gasteiger partial charge in [-0.25, -0.2) is 4.39 Å². The van der Waals surface area contributed by atoms with Crippen LogP contribution in [0.5, 0.6) is 5.75 Å².